The summed E-state index contributed by atoms with van der Waals surface area (Å²) in [6.45, 7) is 3.81. The Morgan fingerprint density at radius 2 is 1.75 bits per heavy atom. The van der Waals surface area contributed by atoms with Crippen LogP contribution in [0.25, 0.3) is 0 Å². The Morgan fingerprint density at radius 1 is 1.38 bits per heavy atom. The van der Waals surface area contributed by atoms with Gasteiger partial charge in [0, 0.05) is 13.0 Å². The van der Waals surface area contributed by atoms with Crippen molar-refractivity contribution < 1.29 is 10.2 Å². The predicted molar refractivity (Wildman–Crippen MR) is 32.8 cm³/mol. The monoisotopic (exact) mass is 116 g/mol. The molecule has 2 heteroatoms. The molecule has 2 N–H and O–H groups in total. The Balaban J connectivity index is 0. The Morgan fingerprint density at radius 3 is 1.75 bits per heavy atom. The molecule has 0 spiro atoms. The molecule has 0 fully saturated rings. The maximum absolute atomic E-state index is 7.71. The molecule has 0 atom stereocenters. The molecule has 0 bridgehead atoms. The van der Waals surface area contributed by atoms with E-state index in [0.29, 0.717) is 0 Å². The van der Waals surface area contributed by atoms with Gasteiger partial charge in [-0.2, -0.15) is 0 Å². The van der Waals surface area contributed by atoms with Crippen LogP contribution in [0.2, 0.25) is 0 Å². The molecule has 0 saturated carbocycles. The summed E-state index contributed by atoms with van der Waals surface area (Å²) < 4.78 is 0. The molecule has 0 aliphatic carbocycles. The Bertz CT molecular complexity index is 68.3. The van der Waals surface area contributed by atoms with Crippen molar-refractivity contribution in [2.75, 3.05) is 6.61 Å². The van der Waals surface area contributed by atoms with Gasteiger partial charge in [0.2, 0.25) is 0 Å². The van der Waals surface area contributed by atoms with Crippen LogP contribution in [0.3, 0.4) is 0 Å². The van der Waals surface area contributed by atoms with Crippen LogP contribution in [-0.2, 0) is 0 Å². The summed E-state index contributed by atoms with van der Waals surface area (Å²) in [7, 11) is 0. The zero-order chi connectivity index (χ0) is 6.83. The van der Waals surface area contributed by atoms with Gasteiger partial charge in [-0.15, -0.1) is 0 Å². The second kappa shape index (κ2) is 16.2. The largest absolute Gasteiger partial charge is 0.462 e. The van der Waals surface area contributed by atoms with Crippen LogP contribution in [0.5, 0.6) is 0 Å². The van der Waals surface area contributed by atoms with Crippen molar-refractivity contribution in [3.05, 3.63) is 0 Å². The lowest BCUT2D eigenvalue weighted by atomic mass is 10.5. The van der Waals surface area contributed by atoms with Gasteiger partial charge in [-0.05, 0) is 6.92 Å². The van der Waals surface area contributed by atoms with Gasteiger partial charge in [0.15, 0.2) is 0 Å². The second-order valence-electron chi connectivity index (χ2n) is 0.958. The normalized spacial score (nSPS) is 5.38. The second-order valence-corrected chi connectivity index (χ2v) is 0.958. The fourth-order valence-corrected chi connectivity index (χ4v) is 0.0791. The van der Waals surface area contributed by atoms with Crippen molar-refractivity contribution in [2.45, 2.75) is 20.3 Å². The average Bonchev–Trinajstić information content (AvgIpc) is 1.71. The molecule has 8 heavy (non-hydrogen) atoms. The SMILES string of the molecule is CCC#CO.CCO. The third-order valence-electron chi connectivity index (χ3n) is 0.256. The van der Waals surface area contributed by atoms with Crippen LogP contribution < -0.4 is 0 Å². The topological polar surface area (TPSA) is 40.5 Å². The van der Waals surface area contributed by atoms with Crippen molar-refractivity contribution in [3.8, 4) is 12.0 Å². The molecule has 0 aromatic rings. The van der Waals surface area contributed by atoms with E-state index >= 15 is 0 Å². The minimum Gasteiger partial charge on any atom is -0.462 e. The zero-order valence-electron chi connectivity index (χ0n) is 5.31. The van der Waals surface area contributed by atoms with Crippen LogP contribution in [0, 0.1) is 12.0 Å². The molecule has 0 aromatic carbocycles. The van der Waals surface area contributed by atoms with E-state index in [9.17, 15) is 0 Å². The van der Waals surface area contributed by atoms with E-state index in [4.69, 9.17) is 10.2 Å². The van der Waals surface area contributed by atoms with Crippen molar-refractivity contribution in [1.29, 1.82) is 0 Å². The van der Waals surface area contributed by atoms with E-state index in [2.05, 4.69) is 5.92 Å². The minimum absolute atomic E-state index is 0.250. The fourth-order valence-electron chi connectivity index (χ4n) is 0.0791. The molecule has 0 aliphatic rings. The van der Waals surface area contributed by atoms with Gasteiger partial charge in [-0.1, -0.05) is 12.8 Å². The van der Waals surface area contributed by atoms with Gasteiger partial charge in [-0.3, -0.25) is 0 Å². The molecular formula is C6H12O2. The number of hydrogen-bond donors (Lipinski definition) is 2. The van der Waals surface area contributed by atoms with Gasteiger partial charge in [0.05, 0.1) is 0 Å². The molecule has 0 aliphatic heterocycles. The standard InChI is InChI=1S/C4H6O.C2H6O/c1-2-3-4-5;1-2-3/h5H,2H2,1H3;3H,2H2,1H3. The Labute approximate surface area is 50.2 Å². The van der Waals surface area contributed by atoms with E-state index in [-0.39, 0.29) is 6.61 Å². The molecule has 0 radical (unpaired) electrons. The predicted octanol–water partition coefficient (Wildman–Crippen LogP) is 0.728. The number of aliphatic hydroxyl groups is 2. The van der Waals surface area contributed by atoms with Crippen LogP contribution in [0.1, 0.15) is 20.3 Å². The first kappa shape index (κ1) is 10.3. The average molecular weight is 116 g/mol. The maximum atomic E-state index is 7.71. The Hall–Kier alpha value is -0.680. The third kappa shape index (κ3) is 57.0. The summed E-state index contributed by atoms with van der Waals surface area (Å²) in [5.74, 6) is 2.42. The molecular weight excluding hydrogens is 104 g/mol. The molecule has 48 valence electrons. The molecule has 0 unspecified atom stereocenters. The van der Waals surface area contributed by atoms with Crippen LogP contribution in [-0.4, -0.2) is 16.8 Å². The van der Waals surface area contributed by atoms with Crippen LogP contribution >= 0.6 is 0 Å². The van der Waals surface area contributed by atoms with Crippen LogP contribution in [0.15, 0.2) is 0 Å². The van der Waals surface area contributed by atoms with E-state index in [0.717, 1.165) is 6.42 Å². The van der Waals surface area contributed by atoms with E-state index in [1.54, 1.807) is 13.0 Å². The van der Waals surface area contributed by atoms with Crippen molar-refractivity contribution >= 4 is 0 Å². The Kier molecular flexibility index (Phi) is 21.0. The van der Waals surface area contributed by atoms with E-state index in [1.807, 2.05) is 6.92 Å². The van der Waals surface area contributed by atoms with Gasteiger partial charge in [0.25, 0.3) is 0 Å². The first-order chi connectivity index (χ1) is 3.83. The highest BCUT2D eigenvalue weighted by atomic mass is 16.2. The summed E-state index contributed by atoms with van der Waals surface area (Å²) >= 11 is 0. The molecule has 2 nitrogen and oxygen atoms in total. The number of hydrogen-bond acceptors (Lipinski definition) is 2. The van der Waals surface area contributed by atoms with Gasteiger partial charge in [0.1, 0.15) is 6.11 Å². The van der Waals surface area contributed by atoms with Crippen molar-refractivity contribution in [2.24, 2.45) is 0 Å². The molecule has 0 heterocycles. The summed E-state index contributed by atoms with van der Waals surface area (Å²) in [6.07, 6.45) is 2.50. The summed E-state index contributed by atoms with van der Waals surface area (Å²) in [6, 6.07) is 0. The minimum atomic E-state index is 0.250. The summed E-state index contributed by atoms with van der Waals surface area (Å²) in [5, 5.41) is 15.3. The lowest BCUT2D eigenvalue weighted by molar-refractivity contribution is 0.318. The molecule has 0 amide bonds. The van der Waals surface area contributed by atoms with Crippen molar-refractivity contribution in [1.82, 2.24) is 0 Å². The number of rotatable bonds is 0. The lowest BCUT2D eigenvalue weighted by Gasteiger charge is -1.57. The molecule has 0 aromatic heterocycles. The van der Waals surface area contributed by atoms with Gasteiger partial charge in [-0.25, -0.2) is 0 Å². The smallest absolute Gasteiger partial charge is 0.107 e. The van der Waals surface area contributed by atoms with E-state index < -0.39 is 0 Å². The molecule has 0 rings (SSSR count). The first-order valence-corrected chi connectivity index (χ1v) is 2.56. The van der Waals surface area contributed by atoms with Gasteiger partial charge < -0.3 is 10.2 Å². The maximum Gasteiger partial charge on any atom is 0.107 e. The van der Waals surface area contributed by atoms with Gasteiger partial charge >= 0.3 is 0 Å². The summed E-state index contributed by atoms with van der Waals surface area (Å²) in [4.78, 5) is 0. The first-order valence-electron chi connectivity index (χ1n) is 2.56. The summed E-state index contributed by atoms with van der Waals surface area (Å²) in [5.41, 5.74) is 0. The highest BCUT2D eigenvalue weighted by molar-refractivity contribution is 4.86. The quantitative estimate of drug-likeness (QED) is 0.458. The third-order valence-corrected chi connectivity index (χ3v) is 0.256. The highest BCUT2D eigenvalue weighted by Gasteiger charge is 1.50. The van der Waals surface area contributed by atoms with Crippen molar-refractivity contribution in [3.63, 3.8) is 0 Å². The highest BCUT2D eigenvalue weighted by Crippen LogP contribution is 1.61. The lowest BCUT2D eigenvalue weighted by Crippen LogP contribution is -1.57. The zero-order valence-corrected chi connectivity index (χ0v) is 5.31. The van der Waals surface area contributed by atoms with Crippen LogP contribution in [0.4, 0.5) is 0 Å². The fraction of sp³-hybridized carbons (Fsp3) is 0.667. The number of aliphatic hydroxyl groups excluding tert-OH is 2. The van der Waals surface area contributed by atoms with E-state index in [1.165, 1.54) is 0 Å². The molecule has 0 saturated heterocycles.